The number of hydrogen-bond acceptors (Lipinski definition) is 7. The number of aliphatic imine (C=N–C) groups is 1. The molecule has 1 aliphatic carbocycles. The molecule has 0 aromatic heterocycles. The third-order valence-electron chi connectivity index (χ3n) is 9.04. The van der Waals surface area contributed by atoms with Gasteiger partial charge in [-0.1, -0.05) is 30.9 Å². The van der Waals surface area contributed by atoms with E-state index in [0.29, 0.717) is 18.5 Å². The standard InChI is InChI=1S/C37H54N8O2/c1-25-12-10-13-29(27(3)43(6)7)21-28(25)15-16-30-22-31(37(47)44(8)9)17-18-33(30)34(36(39-4)42-40-5)20-26(2)41-24-35(46)45-19-11-14-32(45)23-38/h10,12,17-18,21-22,26,32,34,40-41H,3,11,13-16,19-20,24H2,1-2,4-9H3,(H,39,42)/t26-,32?,34?/m1/s1. The van der Waals surface area contributed by atoms with Crippen LogP contribution in [0.3, 0.4) is 0 Å². The Balaban J connectivity index is 1.96. The van der Waals surface area contributed by atoms with E-state index in [0.717, 1.165) is 54.8 Å². The topological polar surface area (TPSA) is 116 Å². The molecular formula is C37H54N8O2. The van der Waals surface area contributed by atoms with Crippen LogP contribution in [0.5, 0.6) is 0 Å². The summed E-state index contributed by atoms with van der Waals surface area (Å²) < 4.78 is 0. The summed E-state index contributed by atoms with van der Waals surface area (Å²) in [7, 11) is 11.1. The van der Waals surface area contributed by atoms with Gasteiger partial charge in [0, 0.05) is 72.1 Å². The zero-order chi connectivity index (χ0) is 34.7. The summed E-state index contributed by atoms with van der Waals surface area (Å²) in [6, 6.07) is 7.85. The quantitative estimate of drug-likeness (QED) is 0.157. The fourth-order valence-corrected chi connectivity index (χ4v) is 6.25. The summed E-state index contributed by atoms with van der Waals surface area (Å²) in [6.45, 7) is 9.31. The van der Waals surface area contributed by atoms with E-state index in [-0.39, 0.29) is 36.4 Å². The van der Waals surface area contributed by atoms with Gasteiger partial charge in [-0.2, -0.15) is 5.26 Å². The monoisotopic (exact) mass is 642 g/mol. The average molecular weight is 643 g/mol. The second-order valence-electron chi connectivity index (χ2n) is 12.9. The first kappa shape index (κ1) is 37.3. The molecule has 3 rings (SSSR count). The maximum absolute atomic E-state index is 13.1. The molecule has 0 spiro atoms. The third kappa shape index (κ3) is 9.90. The Morgan fingerprint density at radius 1 is 1.19 bits per heavy atom. The molecule has 2 aliphatic rings. The largest absolute Gasteiger partial charge is 0.378 e. The molecule has 1 heterocycles. The summed E-state index contributed by atoms with van der Waals surface area (Å²) in [5.41, 5.74) is 13.7. The number of hydrazine groups is 1. The SMILES string of the molecule is C=C(C1=CC(CCc2cc(C(=O)N(C)C)ccc2C(C[C@@H](C)NCC(=O)N2CCCC2C#N)C(=NC)NNC)=C(C)C=CC1)N(C)C. The predicted molar refractivity (Wildman–Crippen MR) is 191 cm³/mol. The Morgan fingerprint density at radius 3 is 2.57 bits per heavy atom. The first-order valence-corrected chi connectivity index (χ1v) is 16.5. The summed E-state index contributed by atoms with van der Waals surface area (Å²) >= 11 is 0. The number of nitriles is 1. The highest BCUT2D eigenvalue weighted by molar-refractivity contribution is 5.95. The van der Waals surface area contributed by atoms with Crippen molar-refractivity contribution in [3.05, 3.63) is 82.1 Å². The van der Waals surface area contributed by atoms with Gasteiger partial charge in [0.05, 0.1) is 12.6 Å². The number of nitrogens with zero attached hydrogens (tertiary/aromatic N) is 5. The number of allylic oxidation sites excluding steroid dienone is 6. The van der Waals surface area contributed by atoms with Gasteiger partial charge >= 0.3 is 0 Å². The van der Waals surface area contributed by atoms with Gasteiger partial charge in [-0.25, -0.2) is 5.43 Å². The van der Waals surface area contributed by atoms with Crippen molar-refractivity contribution < 1.29 is 9.59 Å². The molecule has 1 fully saturated rings. The fraction of sp³-hybridized carbons (Fsp3) is 0.514. The molecule has 1 saturated heterocycles. The Kier molecular flexibility index (Phi) is 14.0. The Labute approximate surface area is 281 Å². The van der Waals surface area contributed by atoms with Gasteiger partial charge in [0.15, 0.2) is 0 Å². The summed E-state index contributed by atoms with van der Waals surface area (Å²) in [4.78, 5) is 36.0. The number of carbonyl (C=O) groups is 2. The van der Waals surface area contributed by atoms with E-state index in [1.54, 1.807) is 30.9 Å². The molecule has 3 N–H and O–H groups in total. The molecule has 10 nitrogen and oxygen atoms in total. The van der Waals surface area contributed by atoms with Gasteiger partial charge in [0.25, 0.3) is 5.91 Å². The lowest BCUT2D eigenvalue weighted by Crippen LogP contribution is -2.44. The molecule has 2 amide bonds. The molecule has 254 valence electrons. The van der Waals surface area contributed by atoms with Crippen molar-refractivity contribution in [2.24, 2.45) is 4.99 Å². The maximum atomic E-state index is 13.1. The van der Waals surface area contributed by atoms with Crippen molar-refractivity contribution in [3.8, 4) is 6.07 Å². The van der Waals surface area contributed by atoms with Crippen LogP contribution in [0, 0.1) is 11.3 Å². The number of hydrogen-bond donors (Lipinski definition) is 3. The van der Waals surface area contributed by atoms with Crippen LogP contribution < -0.4 is 16.2 Å². The fourth-order valence-electron chi connectivity index (χ4n) is 6.25. The van der Waals surface area contributed by atoms with E-state index in [1.807, 2.05) is 38.2 Å². The lowest BCUT2D eigenvalue weighted by molar-refractivity contribution is -0.130. The van der Waals surface area contributed by atoms with Crippen molar-refractivity contribution in [2.45, 2.75) is 70.4 Å². The lowest BCUT2D eigenvalue weighted by Gasteiger charge is -2.27. The molecule has 0 saturated carbocycles. The highest BCUT2D eigenvalue weighted by Crippen LogP contribution is 2.31. The van der Waals surface area contributed by atoms with Crippen LogP contribution in [0.2, 0.25) is 0 Å². The van der Waals surface area contributed by atoms with Crippen LogP contribution in [0.15, 0.2) is 70.4 Å². The smallest absolute Gasteiger partial charge is 0.253 e. The van der Waals surface area contributed by atoms with E-state index in [1.165, 1.54) is 16.7 Å². The number of nitrogens with one attached hydrogen (secondary N) is 3. The molecule has 3 atom stereocenters. The van der Waals surface area contributed by atoms with Crippen molar-refractivity contribution in [1.82, 2.24) is 30.9 Å². The van der Waals surface area contributed by atoms with Gasteiger partial charge < -0.3 is 25.4 Å². The van der Waals surface area contributed by atoms with Crippen LogP contribution in [0.1, 0.15) is 73.4 Å². The van der Waals surface area contributed by atoms with Crippen molar-refractivity contribution in [1.29, 1.82) is 5.26 Å². The normalized spacial score (nSPS) is 17.9. The number of amides is 2. The summed E-state index contributed by atoms with van der Waals surface area (Å²) in [6.07, 6.45) is 11.2. The molecular weight excluding hydrogens is 588 g/mol. The number of likely N-dealkylation sites (tertiary alicyclic amines) is 1. The average Bonchev–Trinajstić information content (AvgIpc) is 3.46. The zero-order valence-electron chi connectivity index (χ0n) is 29.6. The number of rotatable bonds is 14. The van der Waals surface area contributed by atoms with Crippen LogP contribution in [-0.4, -0.2) is 99.8 Å². The van der Waals surface area contributed by atoms with Crippen LogP contribution in [-0.2, 0) is 11.2 Å². The molecule has 10 heteroatoms. The van der Waals surface area contributed by atoms with Crippen LogP contribution in [0.25, 0.3) is 0 Å². The summed E-state index contributed by atoms with van der Waals surface area (Å²) in [5, 5.41) is 12.9. The van der Waals surface area contributed by atoms with Crippen molar-refractivity contribution in [2.75, 3.05) is 55.4 Å². The van der Waals surface area contributed by atoms with Gasteiger partial charge in [-0.3, -0.25) is 14.6 Å². The molecule has 0 bridgehead atoms. The van der Waals surface area contributed by atoms with Gasteiger partial charge in [-0.15, -0.1) is 0 Å². The van der Waals surface area contributed by atoms with E-state index in [9.17, 15) is 14.9 Å². The molecule has 47 heavy (non-hydrogen) atoms. The van der Waals surface area contributed by atoms with Gasteiger partial charge in [-0.05, 0) is 92.4 Å². The number of carbonyl (C=O) groups excluding carboxylic acids is 2. The van der Waals surface area contributed by atoms with E-state index in [4.69, 9.17) is 0 Å². The number of amidine groups is 1. The Hall–Kier alpha value is -4.20. The van der Waals surface area contributed by atoms with E-state index >= 15 is 0 Å². The molecule has 1 aliphatic heterocycles. The van der Waals surface area contributed by atoms with E-state index in [2.05, 4.69) is 72.0 Å². The van der Waals surface area contributed by atoms with Crippen molar-refractivity contribution >= 4 is 17.6 Å². The highest BCUT2D eigenvalue weighted by atomic mass is 16.2. The minimum Gasteiger partial charge on any atom is -0.378 e. The number of benzene rings is 1. The van der Waals surface area contributed by atoms with Crippen molar-refractivity contribution in [3.63, 3.8) is 0 Å². The number of aryl methyl sites for hydroxylation is 1. The minimum atomic E-state index is -0.341. The minimum absolute atomic E-state index is 0.0436. The second-order valence-corrected chi connectivity index (χ2v) is 12.9. The zero-order valence-corrected chi connectivity index (χ0v) is 29.6. The van der Waals surface area contributed by atoms with E-state index < -0.39 is 0 Å². The number of likely N-dealkylation sites (N-methyl/N-ethyl adjacent to an activating group) is 1. The molecule has 1 aromatic rings. The second kappa shape index (κ2) is 17.6. The lowest BCUT2D eigenvalue weighted by atomic mass is 9.84. The first-order chi connectivity index (χ1) is 22.4. The van der Waals surface area contributed by atoms with Gasteiger partial charge in [0.1, 0.15) is 11.9 Å². The Morgan fingerprint density at radius 2 is 1.94 bits per heavy atom. The van der Waals surface area contributed by atoms with Crippen LogP contribution >= 0.6 is 0 Å². The third-order valence-corrected chi connectivity index (χ3v) is 9.04. The molecule has 1 aromatic carbocycles. The Bertz CT molecular complexity index is 1460. The predicted octanol–water partition coefficient (Wildman–Crippen LogP) is 4.32. The van der Waals surface area contributed by atoms with Crippen LogP contribution in [0.4, 0.5) is 0 Å². The summed E-state index contributed by atoms with van der Waals surface area (Å²) in [5.74, 6) is 0.524. The molecule has 0 radical (unpaired) electrons. The molecule has 2 unspecified atom stereocenters. The first-order valence-electron chi connectivity index (χ1n) is 16.5. The maximum Gasteiger partial charge on any atom is 0.253 e. The van der Waals surface area contributed by atoms with Gasteiger partial charge in [0.2, 0.25) is 5.91 Å². The highest BCUT2D eigenvalue weighted by Gasteiger charge is 2.29.